The van der Waals surface area contributed by atoms with Crippen LogP contribution in [-0.4, -0.2) is 24.2 Å². The lowest BCUT2D eigenvalue weighted by Gasteiger charge is -2.14. The molecule has 4 rings (SSSR count). The van der Waals surface area contributed by atoms with Crippen LogP contribution in [0.4, 0.5) is 11.5 Å². The molecule has 28 heavy (non-hydrogen) atoms. The van der Waals surface area contributed by atoms with Crippen molar-refractivity contribution in [2.75, 3.05) is 19.5 Å². The first kappa shape index (κ1) is 18.1. The molecule has 140 valence electrons. The number of benzene rings is 2. The SMILES string of the molecule is COc1cc(OC)c2ccnc(Nc3ccc(Cl)c(-c4ccccn4)c3)c2c1. The number of aromatic nitrogens is 2. The van der Waals surface area contributed by atoms with Crippen molar-refractivity contribution in [1.29, 1.82) is 0 Å². The highest BCUT2D eigenvalue weighted by Gasteiger charge is 2.12. The molecule has 0 radical (unpaired) electrons. The third-order valence-corrected chi connectivity index (χ3v) is 4.77. The van der Waals surface area contributed by atoms with Crippen LogP contribution in [0.2, 0.25) is 5.02 Å². The Morgan fingerprint density at radius 2 is 1.75 bits per heavy atom. The molecule has 0 aliphatic heterocycles. The number of rotatable bonds is 5. The standard InChI is InChI=1S/C22H18ClN3O2/c1-27-15-12-17-16(21(13-15)28-2)8-10-25-22(17)26-14-6-7-19(23)18(11-14)20-5-3-4-9-24-20/h3-13H,1-2H3,(H,25,26). The molecule has 0 saturated carbocycles. The molecule has 6 heteroatoms. The van der Waals surface area contributed by atoms with Gasteiger partial charge in [0.2, 0.25) is 0 Å². The zero-order valence-electron chi connectivity index (χ0n) is 15.4. The van der Waals surface area contributed by atoms with E-state index in [-0.39, 0.29) is 0 Å². The average Bonchev–Trinajstić information content (AvgIpc) is 2.75. The smallest absolute Gasteiger partial charge is 0.138 e. The average molecular weight is 392 g/mol. The van der Waals surface area contributed by atoms with Gasteiger partial charge < -0.3 is 14.8 Å². The number of hydrogen-bond donors (Lipinski definition) is 1. The van der Waals surface area contributed by atoms with Gasteiger partial charge in [-0.25, -0.2) is 4.98 Å². The monoisotopic (exact) mass is 391 g/mol. The Hall–Kier alpha value is -3.31. The second-order valence-corrected chi connectivity index (χ2v) is 6.53. The molecule has 0 aliphatic carbocycles. The van der Waals surface area contributed by atoms with Gasteiger partial charge in [-0.15, -0.1) is 0 Å². The van der Waals surface area contributed by atoms with E-state index in [2.05, 4.69) is 15.3 Å². The lowest BCUT2D eigenvalue weighted by atomic mass is 10.1. The van der Waals surface area contributed by atoms with E-state index in [1.165, 1.54) is 0 Å². The predicted molar refractivity (Wildman–Crippen MR) is 113 cm³/mol. The molecular weight excluding hydrogens is 374 g/mol. The Morgan fingerprint density at radius 3 is 2.50 bits per heavy atom. The van der Waals surface area contributed by atoms with Crippen molar-refractivity contribution in [3.05, 3.63) is 72.0 Å². The molecule has 2 heterocycles. The first-order valence-corrected chi connectivity index (χ1v) is 9.06. The van der Waals surface area contributed by atoms with Gasteiger partial charge in [-0.3, -0.25) is 4.98 Å². The van der Waals surface area contributed by atoms with Crippen molar-refractivity contribution in [2.24, 2.45) is 0 Å². The summed E-state index contributed by atoms with van der Waals surface area (Å²) >= 11 is 6.39. The topological polar surface area (TPSA) is 56.3 Å². The van der Waals surface area contributed by atoms with Crippen LogP contribution in [0, 0.1) is 0 Å². The summed E-state index contributed by atoms with van der Waals surface area (Å²) in [7, 11) is 3.27. The summed E-state index contributed by atoms with van der Waals surface area (Å²) in [5, 5.41) is 5.86. The molecule has 1 N–H and O–H groups in total. The maximum Gasteiger partial charge on any atom is 0.138 e. The Bertz CT molecular complexity index is 1130. The summed E-state index contributed by atoms with van der Waals surface area (Å²) in [6.07, 6.45) is 3.49. The van der Waals surface area contributed by atoms with Crippen molar-refractivity contribution in [3.63, 3.8) is 0 Å². The van der Waals surface area contributed by atoms with Crippen molar-refractivity contribution in [1.82, 2.24) is 9.97 Å². The van der Waals surface area contributed by atoms with Crippen molar-refractivity contribution >= 4 is 33.9 Å². The molecule has 5 nitrogen and oxygen atoms in total. The number of pyridine rings is 2. The third kappa shape index (κ3) is 3.44. The Kier molecular flexibility index (Phi) is 5.00. The van der Waals surface area contributed by atoms with Crippen LogP contribution >= 0.6 is 11.6 Å². The number of hydrogen-bond acceptors (Lipinski definition) is 5. The number of methoxy groups -OCH3 is 2. The molecule has 0 aliphatic rings. The van der Waals surface area contributed by atoms with Gasteiger partial charge in [0.05, 0.1) is 24.9 Å². The summed E-state index contributed by atoms with van der Waals surface area (Å²) in [5.74, 6) is 2.12. The molecular formula is C22H18ClN3O2. The number of nitrogens with zero attached hydrogens (tertiary/aromatic N) is 2. The fourth-order valence-corrected chi connectivity index (χ4v) is 3.28. The number of anilines is 2. The summed E-state index contributed by atoms with van der Waals surface area (Å²) in [6, 6.07) is 17.2. The van der Waals surface area contributed by atoms with E-state index in [4.69, 9.17) is 21.1 Å². The Morgan fingerprint density at radius 1 is 0.857 bits per heavy atom. The predicted octanol–water partition coefficient (Wildman–Crippen LogP) is 5.71. The summed E-state index contributed by atoms with van der Waals surface area (Å²) < 4.78 is 10.9. The second-order valence-electron chi connectivity index (χ2n) is 6.12. The van der Waals surface area contributed by atoms with Crippen molar-refractivity contribution in [3.8, 4) is 22.8 Å². The molecule has 0 amide bonds. The second kappa shape index (κ2) is 7.74. The largest absolute Gasteiger partial charge is 0.497 e. The molecule has 2 aromatic carbocycles. The van der Waals surface area contributed by atoms with Crippen LogP contribution in [0.1, 0.15) is 0 Å². The summed E-state index contributed by atoms with van der Waals surface area (Å²) in [5.41, 5.74) is 2.51. The highest BCUT2D eigenvalue weighted by Crippen LogP contribution is 2.36. The number of fused-ring (bicyclic) bond motifs is 1. The minimum atomic E-state index is 0.637. The van der Waals surface area contributed by atoms with E-state index < -0.39 is 0 Å². The normalized spacial score (nSPS) is 10.7. The molecule has 0 saturated heterocycles. The van der Waals surface area contributed by atoms with E-state index >= 15 is 0 Å². The van der Waals surface area contributed by atoms with Gasteiger partial charge >= 0.3 is 0 Å². The minimum absolute atomic E-state index is 0.637. The minimum Gasteiger partial charge on any atom is -0.497 e. The molecule has 0 bridgehead atoms. The van der Waals surface area contributed by atoms with Gasteiger partial charge in [-0.2, -0.15) is 0 Å². The zero-order valence-corrected chi connectivity index (χ0v) is 16.2. The quantitative estimate of drug-likeness (QED) is 0.472. The van der Waals surface area contributed by atoms with E-state index in [0.717, 1.165) is 33.5 Å². The molecule has 0 fully saturated rings. The van der Waals surface area contributed by atoms with E-state index in [1.54, 1.807) is 26.6 Å². The highest BCUT2D eigenvalue weighted by atomic mass is 35.5. The first-order valence-electron chi connectivity index (χ1n) is 8.68. The maximum atomic E-state index is 6.39. The van der Waals surface area contributed by atoms with Crippen LogP contribution in [0.5, 0.6) is 11.5 Å². The number of nitrogens with one attached hydrogen (secondary N) is 1. The third-order valence-electron chi connectivity index (χ3n) is 4.44. The van der Waals surface area contributed by atoms with Gasteiger partial charge in [-0.1, -0.05) is 17.7 Å². The molecule has 0 unspecified atom stereocenters. The molecule has 2 aromatic heterocycles. The Labute approximate surface area is 167 Å². The van der Waals surface area contributed by atoms with Gasteiger partial charge in [0.1, 0.15) is 17.3 Å². The number of halogens is 1. The molecule has 0 atom stereocenters. The van der Waals surface area contributed by atoms with Crippen molar-refractivity contribution < 1.29 is 9.47 Å². The first-order chi connectivity index (χ1) is 13.7. The lowest BCUT2D eigenvalue weighted by molar-refractivity contribution is 0.398. The van der Waals surface area contributed by atoms with Crippen LogP contribution in [0.25, 0.3) is 22.0 Å². The van der Waals surface area contributed by atoms with E-state index in [9.17, 15) is 0 Å². The highest BCUT2D eigenvalue weighted by molar-refractivity contribution is 6.33. The summed E-state index contributed by atoms with van der Waals surface area (Å²) in [6.45, 7) is 0. The summed E-state index contributed by atoms with van der Waals surface area (Å²) in [4.78, 5) is 8.90. The fraction of sp³-hybridized carbons (Fsp3) is 0.0909. The van der Waals surface area contributed by atoms with E-state index in [0.29, 0.717) is 16.6 Å². The van der Waals surface area contributed by atoms with Crippen LogP contribution < -0.4 is 14.8 Å². The Balaban J connectivity index is 1.79. The lowest BCUT2D eigenvalue weighted by Crippen LogP contribution is -1.97. The number of ether oxygens (including phenoxy) is 2. The van der Waals surface area contributed by atoms with Gasteiger partial charge in [-0.05, 0) is 42.5 Å². The van der Waals surface area contributed by atoms with Crippen LogP contribution in [-0.2, 0) is 0 Å². The molecule has 0 spiro atoms. The fourth-order valence-electron chi connectivity index (χ4n) is 3.07. The van der Waals surface area contributed by atoms with Crippen LogP contribution in [0.3, 0.4) is 0 Å². The van der Waals surface area contributed by atoms with Gasteiger partial charge in [0.25, 0.3) is 0 Å². The van der Waals surface area contributed by atoms with Crippen LogP contribution in [0.15, 0.2) is 67.0 Å². The zero-order chi connectivity index (χ0) is 19.5. The van der Waals surface area contributed by atoms with E-state index in [1.807, 2.05) is 54.6 Å². The maximum absolute atomic E-state index is 6.39. The van der Waals surface area contributed by atoms with Crippen molar-refractivity contribution in [2.45, 2.75) is 0 Å². The van der Waals surface area contributed by atoms with Gasteiger partial charge in [0, 0.05) is 40.5 Å². The molecule has 4 aromatic rings. The van der Waals surface area contributed by atoms with Gasteiger partial charge in [0.15, 0.2) is 0 Å².